The molecule has 0 atom stereocenters. The highest BCUT2D eigenvalue weighted by Gasteiger charge is 2.27. The Morgan fingerprint density at radius 3 is 2.44 bits per heavy atom. The topological polar surface area (TPSA) is 89.5 Å². The number of aromatic nitrogens is 2. The number of rotatable bonds is 7. The average molecular weight is 498 g/mol. The fourth-order valence-electron chi connectivity index (χ4n) is 3.91. The molecule has 3 heterocycles. The molecule has 34 heavy (non-hydrogen) atoms. The van der Waals surface area contributed by atoms with Crippen molar-refractivity contribution in [3.63, 3.8) is 0 Å². The van der Waals surface area contributed by atoms with Crippen molar-refractivity contribution < 1.29 is 22.3 Å². The second kappa shape index (κ2) is 9.21. The standard InChI is InChI=1S/C24H20FN3O4S2/c25-18-7-3-16(4-8-18)20-14-33-24-22(20)23(26-15-27-24)32-13-21(29)17-5-9-19(10-6-17)34(30,31)28-11-1-2-12-28/h3-10,14-15H,1-2,11-13H2. The van der Waals surface area contributed by atoms with E-state index in [1.54, 1.807) is 12.1 Å². The number of carbonyl (C=O) groups is 1. The van der Waals surface area contributed by atoms with Gasteiger partial charge < -0.3 is 4.74 Å². The van der Waals surface area contributed by atoms with Crippen LogP contribution < -0.4 is 4.74 Å². The van der Waals surface area contributed by atoms with Crippen LogP contribution in [0.4, 0.5) is 4.39 Å². The Labute approximate surface area is 199 Å². The van der Waals surface area contributed by atoms with Gasteiger partial charge in [-0.2, -0.15) is 4.31 Å². The number of fused-ring (bicyclic) bond motifs is 1. The molecule has 2 aromatic carbocycles. The van der Waals surface area contributed by atoms with E-state index in [0.29, 0.717) is 28.9 Å². The van der Waals surface area contributed by atoms with Gasteiger partial charge in [0, 0.05) is 29.6 Å². The van der Waals surface area contributed by atoms with Crippen molar-refractivity contribution in [1.29, 1.82) is 0 Å². The fourth-order valence-corrected chi connectivity index (χ4v) is 6.33. The van der Waals surface area contributed by atoms with Crippen LogP contribution in [0.5, 0.6) is 5.88 Å². The zero-order chi connectivity index (χ0) is 23.7. The summed E-state index contributed by atoms with van der Waals surface area (Å²) in [6, 6.07) is 12.0. The largest absolute Gasteiger partial charge is 0.469 e. The second-order valence-electron chi connectivity index (χ2n) is 7.86. The lowest BCUT2D eigenvalue weighted by Gasteiger charge is -2.15. The molecule has 1 aliphatic heterocycles. The molecule has 0 saturated carbocycles. The lowest BCUT2D eigenvalue weighted by Crippen LogP contribution is -2.27. The zero-order valence-electron chi connectivity index (χ0n) is 18.0. The molecule has 5 rings (SSSR count). The molecular weight excluding hydrogens is 477 g/mol. The Morgan fingerprint density at radius 2 is 1.74 bits per heavy atom. The minimum Gasteiger partial charge on any atom is -0.469 e. The summed E-state index contributed by atoms with van der Waals surface area (Å²) < 4.78 is 45.9. The van der Waals surface area contributed by atoms with Gasteiger partial charge in [-0.1, -0.05) is 12.1 Å². The van der Waals surface area contributed by atoms with Gasteiger partial charge in [0.15, 0.2) is 12.4 Å². The molecule has 174 valence electrons. The van der Waals surface area contributed by atoms with Crippen LogP contribution in [0.25, 0.3) is 21.3 Å². The molecule has 0 spiro atoms. The smallest absolute Gasteiger partial charge is 0.243 e. The lowest BCUT2D eigenvalue weighted by atomic mass is 10.1. The number of Topliss-reactive ketones (excluding diaryl/α,β-unsaturated/α-hetero) is 1. The molecule has 1 aliphatic rings. The molecule has 0 unspecified atom stereocenters. The monoisotopic (exact) mass is 497 g/mol. The van der Waals surface area contributed by atoms with Crippen molar-refractivity contribution >= 4 is 37.4 Å². The van der Waals surface area contributed by atoms with E-state index in [2.05, 4.69) is 9.97 Å². The summed E-state index contributed by atoms with van der Waals surface area (Å²) in [5.41, 5.74) is 1.92. The summed E-state index contributed by atoms with van der Waals surface area (Å²) in [5.74, 6) is -0.386. The summed E-state index contributed by atoms with van der Waals surface area (Å²) >= 11 is 1.40. The number of ether oxygens (including phenoxy) is 1. The highest BCUT2D eigenvalue weighted by Crippen LogP contribution is 2.37. The molecule has 1 saturated heterocycles. The molecule has 0 radical (unpaired) electrons. The average Bonchev–Trinajstić information content (AvgIpc) is 3.54. The quantitative estimate of drug-likeness (QED) is 0.348. The molecule has 1 fully saturated rings. The fraction of sp³-hybridized carbons (Fsp3) is 0.208. The number of hydrogen-bond acceptors (Lipinski definition) is 7. The molecule has 0 aliphatic carbocycles. The van der Waals surface area contributed by atoms with Crippen LogP contribution in [0.15, 0.2) is 65.1 Å². The van der Waals surface area contributed by atoms with Crippen LogP contribution in [0.1, 0.15) is 23.2 Å². The molecule has 0 bridgehead atoms. The SMILES string of the molecule is O=C(COc1ncnc2scc(-c3ccc(F)cc3)c12)c1ccc(S(=O)(=O)N2CCCC2)cc1. The number of carbonyl (C=O) groups excluding carboxylic acids is 1. The summed E-state index contributed by atoms with van der Waals surface area (Å²) in [6.07, 6.45) is 3.08. The highest BCUT2D eigenvalue weighted by molar-refractivity contribution is 7.89. The molecule has 7 nitrogen and oxygen atoms in total. The van der Waals surface area contributed by atoms with Crippen LogP contribution in [-0.2, 0) is 10.0 Å². The van der Waals surface area contributed by atoms with E-state index in [1.165, 1.54) is 58.4 Å². The number of thiophene rings is 1. The Kier molecular flexibility index (Phi) is 6.11. The van der Waals surface area contributed by atoms with Gasteiger partial charge in [0.25, 0.3) is 0 Å². The summed E-state index contributed by atoms with van der Waals surface area (Å²) in [4.78, 5) is 22.1. The van der Waals surface area contributed by atoms with Crippen molar-refractivity contribution in [1.82, 2.24) is 14.3 Å². The van der Waals surface area contributed by atoms with Gasteiger partial charge in [0.05, 0.1) is 10.3 Å². The molecule has 10 heteroatoms. The van der Waals surface area contributed by atoms with Crippen molar-refractivity contribution in [3.8, 4) is 17.0 Å². The third kappa shape index (κ3) is 4.31. The molecular formula is C24H20FN3O4S2. The third-order valence-electron chi connectivity index (χ3n) is 5.71. The third-order valence-corrected chi connectivity index (χ3v) is 8.51. The van der Waals surface area contributed by atoms with Crippen molar-refractivity contribution in [2.45, 2.75) is 17.7 Å². The maximum Gasteiger partial charge on any atom is 0.243 e. The number of hydrogen-bond donors (Lipinski definition) is 0. The van der Waals surface area contributed by atoms with E-state index < -0.39 is 10.0 Å². The maximum absolute atomic E-state index is 13.3. The van der Waals surface area contributed by atoms with E-state index in [9.17, 15) is 17.6 Å². The first-order chi connectivity index (χ1) is 16.4. The van der Waals surface area contributed by atoms with Crippen molar-refractivity contribution in [3.05, 3.63) is 71.6 Å². The van der Waals surface area contributed by atoms with Crippen molar-refractivity contribution in [2.75, 3.05) is 19.7 Å². The molecule has 0 amide bonds. The van der Waals surface area contributed by atoms with Crippen LogP contribution >= 0.6 is 11.3 Å². The zero-order valence-corrected chi connectivity index (χ0v) is 19.6. The minimum absolute atomic E-state index is 0.173. The Bertz CT molecular complexity index is 1450. The Morgan fingerprint density at radius 1 is 1.03 bits per heavy atom. The summed E-state index contributed by atoms with van der Waals surface area (Å²) in [7, 11) is -3.54. The van der Waals surface area contributed by atoms with Crippen LogP contribution in [0, 0.1) is 5.82 Å². The minimum atomic E-state index is -3.54. The van der Waals surface area contributed by atoms with Gasteiger partial charge in [0.2, 0.25) is 15.9 Å². The predicted molar refractivity (Wildman–Crippen MR) is 127 cm³/mol. The first-order valence-electron chi connectivity index (χ1n) is 10.7. The number of halogens is 1. The van der Waals surface area contributed by atoms with E-state index in [-0.39, 0.29) is 29.0 Å². The van der Waals surface area contributed by atoms with Gasteiger partial charge in [0.1, 0.15) is 17.0 Å². The number of sulfonamides is 1. The Balaban J connectivity index is 1.34. The first kappa shape index (κ1) is 22.6. The lowest BCUT2D eigenvalue weighted by molar-refractivity contribution is 0.0919. The van der Waals surface area contributed by atoms with Crippen LogP contribution in [0.3, 0.4) is 0 Å². The van der Waals surface area contributed by atoms with Crippen LogP contribution in [-0.4, -0.2) is 48.2 Å². The van der Waals surface area contributed by atoms with Gasteiger partial charge in [-0.15, -0.1) is 11.3 Å². The van der Waals surface area contributed by atoms with Gasteiger partial charge in [-0.25, -0.2) is 22.8 Å². The van der Waals surface area contributed by atoms with E-state index in [1.807, 2.05) is 5.38 Å². The summed E-state index contributed by atoms with van der Waals surface area (Å²) in [5, 5.41) is 2.54. The normalized spacial score (nSPS) is 14.5. The number of nitrogens with zero attached hydrogens (tertiary/aromatic N) is 3. The van der Waals surface area contributed by atoms with Gasteiger partial charge in [-0.05, 0) is 54.8 Å². The number of benzene rings is 2. The van der Waals surface area contributed by atoms with E-state index in [0.717, 1.165) is 24.0 Å². The Hall–Kier alpha value is -3.21. The summed E-state index contributed by atoms with van der Waals surface area (Å²) in [6.45, 7) is 0.766. The van der Waals surface area contributed by atoms with Gasteiger partial charge in [-0.3, -0.25) is 4.79 Å². The molecule has 0 N–H and O–H groups in total. The molecule has 2 aromatic heterocycles. The van der Waals surface area contributed by atoms with E-state index >= 15 is 0 Å². The predicted octanol–water partition coefficient (Wildman–Crippen LogP) is 4.54. The van der Waals surface area contributed by atoms with Crippen molar-refractivity contribution in [2.24, 2.45) is 0 Å². The highest BCUT2D eigenvalue weighted by atomic mass is 32.2. The van der Waals surface area contributed by atoms with Gasteiger partial charge >= 0.3 is 0 Å². The van der Waals surface area contributed by atoms with Crippen LogP contribution in [0.2, 0.25) is 0 Å². The number of ketones is 1. The van der Waals surface area contributed by atoms with E-state index in [4.69, 9.17) is 4.74 Å². The maximum atomic E-state index is 13.3. The first-order valence-corrected chi connectivity index (χ1v) is 13.0. The second-order valence-corrected chi connectivity index (χ2v) is 10.7. The molecule has 4 aromatic rings.